The molecule has 0 atom stereocenters. The first-order valence-corrected chi connectivity index (χ1v) is 6.31. The Morgan fingerprint density at radius 2 is 1.84 bits per heavy atom. The van der Waals surface area contributed by atoms with Gasteiger partial charge in [0.2, 0.25) is 0 Å². The van der Waals surface area contributed by atoms with Gasteiger partial charge in [0, 0.05) is 16.3 Å². The van der Waals surface area contributed by atoms with E-state index in [1.54, 1.807) is 0 Å². The summed E-state index contributed by atoms with van der Waals surface area (Å²) in [6.45, 7) is 1.86. The number of aromatic nitrogens is 2. The molecule has 3 rings (SSSR count). The molecule has 4 heteroatoms. The number of hydrogen-bond acceptors (Lipinski definition) is 2. The topological polar surface area (TPSA) is 28.7 Å². The average Bonchev–Trinajstić information content (AvgIpc) is 2.38. The average molecular weight is 270 g/mol. The summed E-state index contributed by atoms with van der Waals surface area (Å²) in [4.78, 5) is 0. The fourth-order valence-corrected chi connectivity index (χ4v) is 2.43. The molecule has 0 saturated carbocycles. The highest BCUT2D eigenvalue weighted by Crippen LogP contribution is 2.27. The van der Waals surface area contributed by atoms with E-state index in [0.717, 1.165) is 21.9 Å². The summed E-state index contributed by atoms with van der Waals surface area (Å²) in [6.07, 6.45) is 0. The van der Waals surface area contributed by atoms with Crippen LogP contribution in [0.5, 0.6) is 0 Å². The number of hydrogen-bond donors (Lipinski definition) is 1. The Morgan fingerprint density at radius 3 is 2.58 bits per heavy atom. The van der Waals surface area contributed by atoms with Crippen LogP contribution in [0.25, 0.3) is 22.0 Å². The van der Waals surface area contributed by atoms with Crippen LogP contribution < -0.4 is 0 Å². The van der Waals surface area contributed by atoms with Gasteiger partial charge in [0.05, 0.1) is 5.69 Å². The zero-order chi connectivity index (χ0) is 13.4. The summed E-state index contributed by atoms with van der Waals surface area (Å²) in [5.41, 5.74) is 2.33. The maximum absolute atomic E-state index is 13.5. The van der Waals surface area contributed by atoms with Crippen LogP contribution in [0, 0.1) is 17.4 Å². The third-order valence-electron chi connectivity index (χ3n) is 3.01. The first-order chi connectivity index (χ1) is 9.15. The molecule has 2 aromatic carbocycles. The third-order valence-corrected chi connectivity index (χ3v) is 3.32. The van der Waals surface area contributed by atoms with Crippen LogP contribution in [-0.2, 0) is 0 Å². The predicted octanol–water partition coefficient (Wildman–Crippen LogP) is 4.41. The van der Waals surface area contributed by atoms with E-state index in [0.29, 0.717) is 10.3 Å². The van der Waals surface area contributed by atoms with Crippen molar-refractivity contribution in [1.29, 1.82) is 0 Å². The lowest BCUT2D eigenvalue weighted by molar-refractivity contribution is 0.627. The van der Waals surface area contributed by atoms with E-state index in [1.807, 2.05) is 37.3 Å². The van der Waals surface area contributed by atoms with Gasteiger partial charge in [-0.15, -0.1) is 0 Å². The summed E-state index contributed by atoms with van der Waals surface area (Å²) in [6, 6.07) is 12.6. The fraction of sp³-hybridized carbons (Fsp3) is 0.0667. The van der Waals surface area contributed by atoms with Crippen molar-refractivity contribution < 1.29 is 4.39 Å². The number of H-pyrrole nitrogens is 1. The molecule has 0 saturated heterocycles. The van der Waals surface area contributed by atoms with E-state index in [-0.39, 0.29) is 5.82 Å². The Kier molecular flexibility index (Phi) is 2.87. The fourth-order valence-electron chi connectivity index (χ4n) is 2.21. The van der Waals surface area contributed by atoms with E-state index < -0.39 is 0 Å². The molecule has 94 valence electrons. The summed E-state index contributed by atoms with van der Waals surface area (Å²) in [5.74, 6) is -0.261. The van der Waals surface area contributed by atoms with Gasteiger partial charge in [0.15, 0.2) is 0 Å². The molecule has 0 amide bonds. The van der Waals surface area contributed by atoms with E-state index in [9.17, 15) is 4.39 Å². The molecule has 0 fully saturated rings. The Morgan fingerprint density at radius 1 is 1.11 bits per heavy atom. The van der Waals surface area contributed by atoms with Gasteiger partial charge in [-0.25, -0.2) is 4.39 Å². The first-order valence-electron chi connectivity index (χ1n) is 5.90. The highest BCUT2D eigenvalue weighted by molar-refractivity contribution is 7.71. The van der Waals surface area contributed by atoms with Crippen molar-refractivity contribution in [3.05, 3.63) is 58.5 Å². The molecular weight excluding hydrogens is 259 g/mol. The van der Waals surface area contributed by atoms with E-state index >= 15 is 0 Å². The largest absolute Gasteiger partial charge is 0.267 e. The van der Waals surface area contributed by atoms with Crippen LogP contribution in [0.4, 0.5) is 4.39 Å². The van der Waals surface area contributed by atoms with Crippen molar-refractivity contribution in [2.75, 3.05) is 0 Å². The molecule has 0 radical (unpaired) electrons. The minimum Gasteiger partial charge on any atom is -0.267 e. The number of aromatic amines is 1. The zero-order valence-electron chi connectivity index (χ0n) is 10.3. The summed E-state index contributed by atoms with van der Waals surface area (Å²) < 4.78 is 14.1. The second kappa shape index (κ2) is 4.55. The minimum atomic E-state index is -0.261. The second-order valence-electron chi connectivity index (χ2n) is 4.46. The summed E-state index contributed by atoms with van der Waals surface area (Å²) in [7, 11) is 0. The van der Waals surface area contributed by atoms with Crippen LogP contribution in [-0.4, -0.2) is 10.2 Å². The SMILES string of the molecule is Cc1cc(F)cc(-c2n[nH]c(=S)c3ccccc23)c1. The van der Waals surface area contributed by atoms with Crippen molar-refractivity contribution in [2.45, 2.75) is 6.92 Å². The molecule has 0 aliphatic heterocycles. The molecule has 0 bridgehead atoms. The lowest BCUT2D eigenvalue weighted by Gasteiger charge is -2.07. The van der Waals surface area contributed by atoms with Crippen LogP contribution in [0.3, 0.4) is 0 Å². The van der Waals surface area contributed by atoms with Gasteiger partial charge in [-0.1, -0.05) is 36.5 Å². The van der Waals surface area contributed by atoms with Crippen LogP contribution >= 0.6 is 12.2 Å². The molecule has 3 aromatic rings. The number of nitrogens with zero attached hydrogens (tertiary/aromatic N) is 1. The van der Waals surface area contributed by atoms with Gasteiger partial charge in [-0.2, -0.15) is 5.10 Å². The van der Waals surface area contributed by atoms with E-state index in [1.165, 1.54) is 12.1 Å². The Hall–Kier alpha value is -2.07. The molecule has 19 heavy (non-hydrogen) atoms. The van der Waals surface area contributed by atoms with Gasteiger partial charge >= 0.3 is 0 Å². The van der Waals surface area contributed by atoms with Crippen molar-refractivity contribution in [3.63, 3.8) is 0 Å². The first kappa shape index (κ1) is 12.0. The highest BCUT2D eigenvalue weighted by Gasteiger charge is 2.08. The normalized spacial score (nSPS) is 10.8. The lowest BCUT2D eigenvalue weighted by atomic mass is 10.0. The third kappa shape index (κ3) is 2.15. The molecule has 1 aromatic heterocycles. The Bertz CT molecular complexity index is 803. The standard InChI is InChI=1S/C15H11FN2S/c1-9-6-10(8-11(16)7-9)14-12-4-2-3-5-13(12)15(19)18-17-14/h2-8H,1H3,(H,18,19). The maximum atomic E-state index is 13.5. The number of rotatable bonds is 1. The quantitative estimate of drug-likeness (QED) is 0.664. The van der Waals surface area contributed by atoms with Crippen molar-refractivity contribution in [1.82, 2.24) is 10.2 Å². The van der Waals surface area contributed by atoms with Gasteiger partial charge in [-0.3, -0.25) is 5.10 Å². The summed E-state index contributed by atoms with van der Waals surface area (Å²) in [5, 5.41) is 8.93. The van der Waals surface area contributed by atoms with Crippen LogP contribution in [0.1, 0.15) is 5.56 Å². The monoisotopic (exact) mass is 270 g/mol. The van der Waals surface area contributed by atoms with Gasteiger partial charge in [0.25, 0.3) is 0 Å². The summed E-state index contributed by atoms with van der Waals surface area (Å²) >= 11 is 5.22. The molecule has 1 heterocycles. The van der Waals surface area contributed by atoms with Crippen LogP contribution in [0.2, 0.25) is 0 Å². The van der Waals surface area contributed by atoms with E-state index in [4.69, 9.17) is 12.2 Å². The second-order valence-corrected chi connectivity index (χ2v) is 4.87. The van der Waals surface area contributed by atoms with Crippen molar-refractivity contribution in [2.24, 2.45) is 0 Å². The molecule has 0 unspecified atom stereocenters. The number of aryl methyl sites for hydroxylation is 1. The molecule has 0 spiro atoms. The number of halogens is 1. The Balaban J connectivity index is 2.37. The van der Waals surface area contributed by atoms with Crippen LogP contribution in [0.15, 0.2) is 42.5 Å². The minimum absolute atomic E-state index is 0.261. The molecule has 2 nitrogen and oxygen atoms in total. The van der Waals surface area contributed by atoms with Gasteiger partial charge < -0.3 is 0 Å². The molecule has 1 N–H and O–H groups in total. The van der Waals surface area contributed by atoms with Gasteiger partial charge in [0.1, 0.15) is 10.5 Å². The number of nitrogens with one attached hydrogen (secondary N) is 1. The molecule has 0 aliphatic carbocycles. The molecule has 0 aliphatic rings. The zero-order valence-corrected chi connectivity index (χ0v) is 11.1. The maximum Gasteiger partial charge on any atom is 0.127 e. The highest BCUT2D eigenvalue weighted by atomic mass is 32.1. The van der Waals surface area contributed by atoms with E-state index in [2.05, 4.69) is 10.2 Å². The van der Waals surface area contributed by atoms with Crippen molar-refractivity contribution in [3.8, 4) is 11.3 Å². The lowest BCUT2D eigenvalue weighted by Crippen LogP contribution is -1.92. The van der Waals surface area contributed by atoms with Crippen molar-refractivity contribution >= 4 is 23.0 Å². The number of benzene rings is 2. The van der Waals surface area contributed by atoms with Gasteiger partial charge in [-0.05, 0) is 30.7 Å². The Labute approximate surface area is 114 Å². The number of fused-ring (bicyclic) bond motifs is 1. The predicted molar refractivity (Wildman–Crippen MR) is 77.1 cm³/mol. The molecular formula is C15H11FN2S. The smallest absolute Gasteiger partial charge is 0.127 e.